The number of carboxylic acid groups (broad SMARTS) is 1. The van der Waals surface area contributed by atoms with Gasteiger partial charge in [0, 0.05) is 6.42 Å². The van der Waals surface area contributed by atoms with Crippen LogP contribution in [0.5, 0.6) is 0 Å². The number of rotatable bonds is 5. The summed E-state index contributed by atoms with van der Waals surface area (Å²) in [6, 6.07) is 8.89. The second-order valence-corrected chi connectivity index (χ2v) is 4.29. The van der Waals surface area contributed by atoms with Crippen LogP contribution in [0, 0.1) is 0 Å². The van der Waals surface area contributed by atoms with E-state index >= 15 is 0 Å². The minimum atomic E-state index is -0.982. The monoisotopic (exact) mass is 274 g/mol. The molecule has 0 spiro atoms. The summed E-state index contributed by atoms with van der Waals surface area (Å²) in [5.74, 6) is -1.51. The molecule has 1 amide bonds. The quantitative estimate of drug-likeness (QED) is 0.709. The van der Waals surface area contributed by atoms with Crippen LogP contribution in [0.15, 0.2) is 46.7 Å². The second-order valence-electron chi connectivity index (χ2n) is 4.29. The topological polar surface area (TPSA) is 99.0 Å². The van der Waals surface area contributed by atoms with E-state index in [0.29, 0.717) is 5.69 Å². The van der Waals surface area contributed by atoms with Gasteiger partial charge in [0.25, 0.3) is 5.91 Å². The highest BCUT2D eigenvalue weighted by Gasteiger charge is 2.27. The van der Waals surface area contributed by atoms with Crippen molar-refractivity contribution >= 4 is 23.3 Å². The van der Waals surface area contributed by atoms with E-state index in [2.05, 4.69) is 10.3 Å². The lowest BCUT2D eigenvalue weighted by Gasteiger charge is -2.06. The molecule has 2 rings (SSSR count). The van der Waals surface area contributed by atoms with Crippen LogP contribution < -0.4 is 5.32 Å². The van der Waals surface area contributed by atoms with Crippen LogP contribution in [-0.4, -0.2) is 34.3 Å². The van der Waals surface area contributed by atoms with E-state index in [4.69, 9.17) is 5.11 Å². The van der Waals surface area contributed by atoms with Gasteiger partial charge in [0.1, 0.15) is 11.3 Å². The smallest absolute Gasteiger partial charge is 0.303 e. The molecule has 104 valence electrons. The largest absolute Gasteiger partial charge is 0.510 e. The Balaban J connectivity index is 2.35. The van der Waals surface area contributed by atoms with Gasteiger partial charge in [-0.1, -0.05) is 18.2 Å². The average molecular weight is 274 g/mol. The number of aliphatic imine (C=N–C) groups is 1. The summed E-state index contributed by atoms with van der Waals surface area (Å²) in [4.78, 5) is 26.7. The summed E-state index contributed by atoms with van der Waals surface area (Å²) in [5, 5.41) is 21.0. The molecule has 1 aliphatic heterocycles. The van der Waals surface area contributed by atoms with Gasteiger partial charge in [-0.3, -0.25) is 14.6 Å². The van der Waals surface area contributed by atoms with Gasteiger partial charge in [-0.05, 0) is 12.1 Å². The predicted octanol–water partition coefficient (Wildman–Crippen LogP) is 1.57. The van der Waals surface area contributed by atoms with Crippen LogP contribution in [0.25, 0.3) is 0 Å². The number of carboxylic acids is 1. The summed E-state index contributed by atoms with van der Waals surface area (Å²) >= 11 is 0. The minimum absolute atomic E-state index is 0.0506. The van der Waals surface area contributed by atoms with E-state index in [9.17, 15) is 14.7 Å². The molecule has 1 heterocycles. The molecule has 3 N–H and O–H groups in total. The zero-order valence-corrected chi connectivity index (χ0v) is 10.7. The van der Waals surface area contributed by atoms with Crippen molar-refractivity contribution in [2.24, 2.45) is 4.99 Å². The first-order valence-corrected chi connectivity index (χ1v) is 6.13. The van der Waals surface area contributed by atoms with Crippen molar-refractivity contribution in [2.75, 3.05) is 6.54 Å². The summed E-state index contributed by atoms with van der Waals surface area (Å²) in [5.41, 5.74) is 0.967. The lowest BCUT2D eigenvalue weighted by molar-refractivity contribution is -0.136. The molecule has 6 nitrogen and oxygen atoms in total. The number of carbonyl (C=O) groups excluding carboxylic acids is 1. The first-order chi connectivity index (χ1) is 9.58. The Bertz CT molecular complexity index is 590. The molecule has 0 aliphatic carbocycles. The zero-order chi connectivity index (χ0) is 14.5. The third-order valence-corrected chi connectivity index (χ3v) is 2.82. The number of aliphatic hydroxyl groups is 1. The fraction of sp³-hybridized carbons (Fsp3) is 0.214. The SMILES string of the molecule is O=C(O)CCC(=Nc1ccccc1)C1=C(O)CNC1=O. The third kappa shape index (κ3) is 3.23. The first-order valence-electron chi connectivity index (χ1n) is 6.13. The number of benzene rings is 1. The molecule has 0 atom stereocenters. The van der Waals surface area contributed by atoms with E-state index in [0.717, 1.165) is 0 Å². The summed E-state index contributed by atoms with van der Waals surface area (Å²) in [6.45, 7) is 0.0506. The standard InChI is InChI=1S/C14H14N2O4/c17-11-8-15-14(20)13(11)10(6-7-12(18)19)16-9-4-2-1-3-5-9/h1-5,17H,6-8H2,(H,15,20)(H,18,19). The molecule has 1 aromatic carbocycles. The van der Waals surface area contributed by atoms with E-state index in [1.165, 1.54) is 0 Å². The highest BCUT2D eigenvalue weighted by Crippen LogP contribution is 2.19. The molecule has 20 heavy (non-hydrogen) atoms. The lowest BCUT2D eigenvalue weighted by Crippen LogP contribution is -2.21. The van der Waals surface area contributed by atoms with Gasteiger partial charge in [-0.2, -0.15) is 0 Å². The molecule has 1 aliphatic rings. The van der Waals surface area contributed by atoms with Crippen molar-refractivity contribution in [3.63, 3.8) is 0 Å². The third-order valence-electron chi connectivity index (χ3n) is 2.82. The molecular weight excluding hydrogens is 260 g/mol. The number of hydrogen-bond donors (Lipinski definition) is 3. The number of para-hydroxylation sites is 1. The lowest BCUT2D eigenvalue weighted by atomic mass is 10.1. The van der Waals surface area contributed by atoms with Gasteiger partial charge in [-0.15, -0.1) is 0 Å². The normalized spacial score (nSPS) is 15.4. The molecule has 0 saturated carbocycles. The first kappa shape index (κ1) is 13.8. The molecule has 0 bridgehead atoms. The fourth-order valence-corrected chi connectivity index (χ4v) is 1.89. The fourth-order valence-electron chi connectivity index (χ4n) is 1.89. The maximum Gasteiger partial charge on any atom is 0.303 e. The Kier molecular flexibility index (Phi) is 4.14. The van der Waals surface area contributed by atoms with Gasteiger partial charge in [0.05, 0.1) is 24.4 Å². The Morgan fingerprint density at radius 1 is 1.25 bits per heavy atom. The highest BCUT2D eigenvalue weighted by atomic mass is 16.4. The van der Waals surface area contributed by atoms with Crippen molar-refractivity contribution in [3.05, 3.63) is 41.7 Å². The Labute approximate surface area is 115 Å². The number of carbonyl (C=O) groups is 2. The van der Waals surface area contributed by atoms with Crippen LogP contribution >= 0.6 is 0 Å². The number of aliphatic carboxylic acids is 1. The van der Waals surface area contributed by atoms with Crippen molar-refractivity contribution in [1.82, 2.24) is 5.32 Å². The molecule has 6 heteroatoms. The number of nitrogens with one attached hydrogen (secondary N) is 1. The van der Waals surface area contributed by atoms with Crippen LogP contribution in [0.3, 0.4) is 0 Å². The maximum atomic E-state index is 11.7. The van der Waals surface area contributed by atoms with E-state index < -0.39 is 11.9 Å². The highest BCUT2D eigenvalue weighted by molar-refractivity contribution is 6.24. The van der Waals surface area contributed by atoms with Gasteiger partial charge in [0.15, 0.2) is 0 Å². The van der Waals surface area contributed by atoms with Crippen molar-refractivity contribution in [2.45, 2.75) is 12.8 Å². The Morgan fingerprint density at radius 2 is 1.95 bits per heavy atom. The molecule has 0 aromatic heterocycles. The number of hydrogen-bond acceptors (Lipinski definition) is 4. The van der Waals surface area contributed by atoms with E-state index in [1.807, 2.05) is 6.07 Å². The van der Waals surface area contributed by atoms with Crippen LogP contribution in [0.1, 0.15) is 12.8 Å². The number of amides is 1. The number of aliphatic hydroxyl groups excluding tert-OH is 1. The minimum Gasteiger partial charge on any atom is -0.510 e. The second kappa shape index (κ2) is 6.01. The molecule has 0 unspecified atom stereocenters. The number of nitrogens with zero attached hydrogens (tertiary/aromatic N) is 1. The predicted molar refractivity (Wildman–Crippen MR) is 73.1 cm³/mol. The van der Waals surface area contributed by atoms with Crippen LogP contribution in [0.2, 0.25) is 0 Å². The van der Waals surface area contributed by atoms with Crippen molar-refractivity contribution < 1.29 is 19.8 Å². The van der Waals surface area contributed by atoms with E-state index in [1.54, 1.807) is 24.3 Å². The van der Waals surface area contributed by atoms with Crippen LogP contribution in [0.4, 0.5) is 5.69 Å². The Morgan fingerprint density at radius 3 is 2.50 bits per heavy atom. The summed E-state index contributed by atoms with van der Waals surface area (Å²) in [7, 11) is 0. The molecule has 0 fully saturated rings. The summed E-state index contributed by atoms with van der Waals surface area (Å²) in [6.07, 6.45) is -0.0766. The van der Waals surface area contributed by atoms with E-state index in [-0.39, 0.29) is 36.4 Å². The molecule has 1 aromatic rings. The molecule has 0 saturated heterocycles. The van der Waals surface area contributed by atoms with Gasteiger partial charge in [0.2, 0.25) is 0 Å². The summed E-state index contributed by atoms with van der Waals surface area (Å²) < 4.78 is 0. The van der Waals surface area contributed by atoms with Gasteiger partial charge in [-0.25, -0.2) is 0 Å². The maximum absolute atomic E-state index is 11.7. The van der Waals surface area contributed by atoms with Crippen LogP contribution in [-0.2, 0) is 9.59 Å². The molecule has 0 radical (unpaired) electrons. The molecular formula is C14H14N2O4. The zero-order valence-electron chi connectivity index (χ0n) is 10.7. The van der Waals surface area contributed by atoms with Crippen molar-refractivity contribution in [1.29, 1.82) is 0 Å². The van der Waals surface area contributed by atoms with Gasteiger partial charge < -0.3 is 15.5 Å². The average Bonchev–Trinajstić information content (AvgIpc) is 2.75. The van der Waals surface area contributed by atoms with Crippen molar-refractivity contribution in [3.8, 4) is 0 Å². The Hall–Kier alpha value is -2.63. The van der Waals surface area contributed by atoms with Gasteiger partial charge >= 0.3 is 5.97 Å².